The lowest BCUT2D eigenvalue weighted by molar-refractivity contribution is -0.385. The minimum atomic E-state index is -1.10. The topological polar surface area (TPSA) is 267 Å². The highest BCUT2D eigenvalue weighted by Crippen LogP contribution is 2.49. The number of benzene rings is 2. The van der Waals surface area contributed by atoms with Gasteiger partial charge in [0.1, 0.15) is 46.2 Å². The fraction of sp³-hybridized carbons (Fsp3) is 0.408. The number of rotatable bonds is 14. The van der Waals surface area contributed by atoms with Crippen LogP contribution in [0.25, 0.3) is 0 Å². The molecule has 0 amide bonds. The van der Waals surface area contributed by atoms with Crippen LogP contribution in [0.4, 0.5) is 39.4 Å². The number of hydrogen-bond donors (Lipinski definition) is 2. The molecular formula is C49H54N12O9. The predicted molar refractivity (Wildman–Crippen MR) is 257 cm³/mol. The van der Waals surface area contributed by atoms with E-state index in [4.69, 9.17) is 19.7 Å². The van der Waals surface area contributed by atoms with E-state index < -0.39 is 27.1 Å². The van der Waals surface area contributed by atoms with Gasteiger partial charge < -0.3 is 20.1 Å². The van der Waals surface area contributed by atoms with Gasteiger partial charge in [0, 0.05) is 73.2 Å². The van der Waals surface area contributed by atoms with Crippen molar-refractivity contribution in [2.75, 3.05) is 10.6 Å². The first kappa shape index (κ1) is 48.5. The third-order valence-corrected chi connectivity index (χ3v) is 12.6. The van der Waals surface area contributed by atoms with Gasteiger partial charge in [0.2, 0.25) is 0 Å². The molecule has 4 unspecified atom stereocenters. The summed E-state index contributed by atoms with van der Waals surface area (Å²) in [5.74, 6) is 1.39. The zero-order chi connectivity index (χ0) is 50.2. The molecule has 2 aromatic carbocycles. The van der Waals surface area contributed by atoms with Crippen LogP contribution in [0.5, 0.6) is 11.5 Å². The van der Waals surface area contributed by atoms with E-state index in [1.807, 2.05) is 63.0 Å². The van der Waals surface area contributed by atoms with Crippen LogP contribution in [0, 0.1) is 20.2 Å². The molecule has 4 atom stereocenters. The van der Waals surface area contributed by atoms with Gasteiger partial charge in [0.15, 0.2) is 11.6 Å². The average Bonchev–Trinajstić information content (AvgIpc) is 4.14. The lowest BCUT2D eigenvalue weighted by atomic mass is 9.94. The summed E-state index contributed by atoms with van der Waals surface area (Å²) in [4.78, 5) is 77.5. The third kappa shape index (κ3) is 10.7. The van der Waals surface area contributed by atoms with Crippen LogP contribution in [0.3, 0.4) is 0 Å². The number of hydrogen-bond acceptors (Lipinski definition) is 17. The lowest BCUT2D eigenvalue weighted by Gasteiger charge is -2.22. The molecule has 0 spiro atoms. The van der Waals surface area contributed by atoms with E-state index in [-0.39, 0.29) is 69.5 Å². The first-order valence-corrected chi connectivity index (χ1v) is 23.0. The molecule has 21 heteroatoms. The van der Waals surface area contributed by atoms with Crippen LogP contribution >= 0.6 is 0 Å². The van der Waals surface area contributed by atoms with Crippen molar-refractivity contribution < 1.29 is 33.7 Å². The first-order chi connectivity index (χ1) is 33.1. The molecule has 364 valence electrons. The molecule has 0 saturated heterocycles. The van der Waals surface area contributed by atoms with Crippen LogP contribution in [0.2, 0.25) is 0 Å². The Hall–Kier alpha value is -7.97. The summed E-state index contributed by atoms with van der Waals surface area (Å²) in [5, 5.41) is 40.6. The van der Waals surface area contributed by atoms with Crippen molar-refractivity contribution in [2.24, 2.45) is 0 Å². The fourth-order valence-corrected chi connectivity index (χ4v) is 9.20. The molecular weight excluding hydrogens is 901 g/mol. The summed E-state index contributed by atoms with van der Waals surface area (Å²) in [5.41, 5.74) is 1.83. The Kier molecular flexibility index (Phi) is 13.3. The van der Waals surface area contributed by atoms with E-state index >= 15 is 0 Å². The van der Waals surface area contributed by atoms with Crippen molar-refractivity contribution in [3.63, 3.8) is 0 Å². The van der Waals surface area contributed by atoms with Gasteiger partial charge in [-0.05, 0) is 104 Å². The molecule has 70 heavy (non-hydrogen) atoms. The zero-order valence-electron chi connectivity index (χ0n) is 40.1. The molecule has 8 rings (SSSR count). The maximum atomic E-state index is 13.8. The molecule has 2 aliphatic rings. The largest absolute Gasteiger partial charge is 0.519 e. The van der Waals surface area contributed by atoms with Crippen molar-refractivity contribution in [3.05, 3.63) is 127 Å². The van der Waals surface area contributed by atoms with E-state index in [9.17, 15) is 34.6 Å². The number of aromatic nitrogens is 8. The summed E-state index contributed by atoms with van der Waals surface area (Å²) < 4.78 is 15.5. The van der Waals surface area contributed by atoms with Gasteiger partial charge >= 0.3 is 6.16 Å². The van der Waals surface area contributed by atoms with E-state index in [0.29, 0.717) is 72.9 Å². The minimum Gasteiger partial charge on any atom is -0.394 e. The summed E-state index contributed by atoms with van der Waals surface area (Å²) in [7, 11) is 0. The summed E-state index contributed by atoms with van der Waals surface area (Å²) in [6, 6.07) is 12.1. The van der Waals surface area contributed by atoms with Gasteiger partial charge in [-0.25, -0.2) is 34.1 Å². The van der Waals surface area contributed by atoms with Gasteiger partial charge in [-0.2, -0.15) is 10.2 Å². The first-order valence-electron chi connectivity index (χ1n) is 23.0. The number of non-ortho nitro benzene ring substituents is 2. The molecule has 21 nitrogen and oxygen atoms in total. The Bertz CT molecular complexity index is 2790. The van der Waals surface area contributed by atoms with Gasteiger partial charge in [-0.1, -0.05) is 0 Å². The number of carbonyl (C=O) groups excluding carboxylic acids is 3. The smallest absolute Gasteiger partial charge is 0.394 e. The maximum Gasteiger partial charge on any atom is 0.519 e. The minimum absolute atomic E-state index is 0.0531. The number of Topliss-reactive ketones (excluding diaryl/α,β-unsaturated/α-hetero) is 2. The van der Waals surface area contributed by atoms with Crippen LogP contribution in [-0.2, 0) is 11.1 Å². The normalized spacial score (nSPS) is 18.1. The Balaban J connectivity index is 1.00. The van der Waals surface area contributed by atoms with Crippen LogP contribution in [0.15, 0.2) is 73.3 Å². The van der Waals surface area contributed by atoms with Gasteiger partial charge in [-0.3, -0.25) is 29.8 Å². The Labute approximate surface area is 402 Å². The number of ketones is 2. The third-order valence-electron chi connectivity index (χ3n) is 12.6. The quantitative estimate of drug-likeness (QED) is 0.0338. The number of nitrogens with zero attached hydrogens (tertiary/aromatic N) is 10. The Morgan fingerprint density at radius 2 is 0.971 bits per heavy atom. The predicted octanol–water partition coefficient (Wildman–Crippen LogP) is 10.6. The van der Waals surface area contributed by atoms with Gasteiger partial charge in [0.25, 0.3) is 11.4 Å². The number of ether oxygens (including phenoxy) is 2. The lowest BCUT2D eigenvalue weighted by Crippen LogP contribution is -2.25. The van der Waals surface area contributed by atoms with Crippen LogP contribution in [0.1, 0.15) is 161 Å². The molecule has 2 N–H and O–H groups in total. The molecule has 2 aliphatic carbocycles. The number of anilines is 4. The van der Waals surface area contributed by atoms with Gasteiger partial charge in [0.05, 0.1) is 57.1 Å². The van der Waals surface area contributed by atoms with E-state index in [1.54, 1.807) is 0 Å². The average molecular weight is 955 g/mol. The second-order valence-electron chi connectivity index (χ2n) is 19.8. The highest BCUT2D eigenvalue weighted by molar-refractivity contribution is 5.92. The van der Waals surface area contributed by atoms with E-state index in [1.165, 1.54) is 75.0 Å². The SMILES string of the molecule is CC(=O)c1cnc(Nc2cc(C3CCC(c4cc([N+](=O)[O-])ccc4OC(=O)Oc4ccc([N+](=O)[O-])cc4C4CCC(c5cc(Nc6cnc(C(C)=O)cn6)n(C(C)(C)C)n5)C4)C3)nn2C(C)(C)C)cn1. The van der Waals surface area contributed by atoms with Gasteiger partial charge in [-0.15, -0.1) is 0 Å². The molecule has 6 aromatic rings. The standard InChI is InChI=1S/C49H54N12O9/c1-27(62)39-23-52-43(25-50-39)54-45-21-37(56-58(45)48(3,4)5)31-11-9-29(17-31)35-19-33(60(65)66)13-15-41(35)69-47(64)70-42-16-14-34(61(67)68)20-36(42)30-10-12-32(18-30)38-22-46(59(57-38)49(6,7)8)55-44-26-51-40(24-53-44)28(2)63/h13-16,19-26,29-32H,9-12,17-18H2,1-8H3,(H,52,54)(H,53,55). The molecule has 0 radical (unpaired) electrons. The van der Waals surface area contributed by atoms with Crippen molar-refractivity contribution >= 4 is 52.4 Å². The molecule has 2 saturated carbocycles. The number of carbonyl (C=O) groups is 3. The Morgan fingerprint density at radius 1 is 0.586 bits per heavy atom. The number of nitro benzene ring substituents is 2. The summed E-state index contributed by atoms with van der Waals surface area (Å²) >= 11 is 0. The molecule has 0 bridgehead atoms. The zero-order valence-corrected chi connectivity index (χ0v) is 40.1. The second kappa shape index (κ2) is 19.2. The molecule has 0 aliphatic heterocycles. The molecule has 4 heterocycles. The maximum absolute atomic E-state index is 13.8. The summed E-state index contributed by atoms with van der Waals surface area (Å²) in [6.07, 6.45) is 8.39. The van der Waals surface area contributed by atoms with E-state index in [0.717, 1.165) is 11.4 Å². The fourth-order valence-electron chi connectivity index (χ4n) is 9.20. The number of nitro groups is 2. The highest BCUT2D eigenvalue weighted by atomic mass is 16.7. The Morgan fingerprint density at radius 3 is 1.30 bits per heavy atom. The number of nitrogens with one attached hydrogen (secondary N) is 2. The van der Waals surface area contributed by atoms with Crippen molar-refractivity contribution in [1.82, 2.24) is 39.5 Å². The molecule has 4 aromatic heterocycles. The summed E-state index contributed by atoms with van der Waals surface area (Å²) in [6.45, 7) is 14.9. The van der Waals surface area contributed by atoms with Crippen LogP contribution in [-0.4, -0.2) is 67.1 Å². The van der Waals surface area contributed by atoms with Crippen molar-refractivity contribution in [1.29, 1.82) is 0 Å². The highest BCUT2D eigenvalue weighted by Gasteiger charge is 2.36. The second-order valence-corrected chi connectivity index (χ2v) is 19.8. The van der Waals surface area contributed by atoms with Crippen molar-refractivity contribution in [2.45, 2.75) is 129 Å². The van der Waals surface area contributed by atoms with Crippen LogP contribution < -0.4 is 20.1 Å². The molecule has 2 fully saturated rings. The monoisotopic (exact) mass is 954 g/mol. The van der Waals surface area contributed by atoms with Crippen molar-refractivity contribution in [3.8, 4) is 11.5 Å². The van der Waals surface area contributed by atoms with E-state index in [2.05, 4.69) is 30.6 Å².